The molecule has 84 valence electrons. The smallest absolute Gasteiger partial charge is 0.221 e. The second-order valence-corrected chi connectivity index (χ2v) is 4.54. The molecule has 0 spiro atoms. The van der Waals surface area contributed by atoms with Crippen LogP contribution in [0, 0.1) is 0 Å². The quantitative estimate of drug-likeness (QED) is 0.602. The predicted molar refractivity (Wildman–Crippen MR) is 63.8 cm³/mol. The van der Waals surface area contributed by atoms with Crippen LogP contribution in [0.2, 0.25) is 0 Å². The number of thioether (sulfide) groups is 1. The predicted octanol–water partition coefficient (Wildman–Crippen LogP) is 1.24. The van der Waals surface area contributed by atoms with E-state index >= 15 is 0 Å². The van der Waals surface area contributed by atoms with Crippen molar-refractivity contribution in [2.24, 2.45) is 0 Å². The first-order chi connectivity index (χ1) is 6.66. The molecule has 3 nitrogen and oxygen atoms in total. The Bertz CT molecular complexity index is 151. The highest BCUT2D eigenvalue weighted by Crippen LogP contribution is 1.93. The third-order valence-electron chi connectivity index (χ3n) is 1.75. The Labute approximate surface area is 91.4 Å². The summed E-state index contributed by atoms with van der Waals surface area (Å²) in [6.45, 7) is 5.74. The van der Waals surface area contributed by atoms with Gasteiger partial charge in [0, 0.05) is 25.6 Å². The first-order valence-electron chi connectivity index (χ1n) is 5.16. The van der Waals surface area contributed by atoms with Crippen molar-refractivity contribution in [1.29, 1.82) is 0 Å². The first kappa shape index (κ1) is 13.8. The van der Waals surface area contributed by atoms with Crippen LogP contribution < -0.4 is 10.6 Å². The maximum absolute atomic E-state index is 11.2. The summed E-state index contributed by atoms with van der Waals surface area (Å²) in [5.41, 5.74) is 0. The van der Waals surface area contributed by atoms with Gasteiger partial charge in [-0.05, 0) is 18.4 Å². The van der Waals surface area contributed by atoms with Gasteiger partial charge in [-0.25, -0.2) is 0 Å². The second-order valence-electron chi connectivity index (χ2n) is 3.56. The molecule has 0 aromatic carbocycles. The van der Waals surface area contributed by atoms with E-state index in [2.05, 4.69) is 30.7 Å². The van der Waals surface area contributed by atoms with Crippen LogP contribution in [0.4, 0.5) is 0 Å². The molecule has 0 atom stereocenters. The average Bonchev–Trinajstić information content (AvgIpc) is 2.12. The van der Waals surface area contributed by atoms with E-state index in [1.165, 1.54) is 0 Å². The van der Waals surface area contributed by atoms with Crippen LogP contribution in [0.5, 0.6) is 0 Å². The molecule has 0 fully saturated rings. The molecule has 0 aromatic rings. The van der Waals surface area contributed by atoms with Gasteiger partial charge in [0.2, 0.25) is 5.91 Å². The SMILES string of the molecule is CSCCCNC(=O)CCNC(C)C. The molecule has 0 heterocycles. The molecule has 0 unspecified atom stereocenters. The molecule has 0 aliphatic rings. The minimum absolute atomic E-state index is 0.152. The fraction of sp³-hybridized carbons (Fsp3) is 0.900. The van der Waals surface area contributed by atoms with Gasteiger partial charge in [0.25, 0.3) is 0 Å². The Morgan fingerprint density at radius 3 is 2.64 bits per heavy atom. The van der Waals surface area contributed by atoms with E-state index in [-0.39, 0.29) is 5.91 Å². The molecular weight excluding hydrogens is 196 g/mol. The summed E-state index contributed by atoms with van der Waals surface area (Å²) >= 11 is 1.81. The summed E-state index contributed by atoms with van der Waals surface area (Å²) in [5.74, 6) is 1.27. The van der Waals surface area contributed by atoms with E-state index in [1.54, 1.807) is 0 Å². The largest absolute Gasteiger partial charge is 0.356 e. The third-order valence-corrected chi connectivity index (χ3v) is 2.45. The lowest BCUT2D eigenvalue weighted by molar-refractivity contribution is -0.120. The number of hydrogen-bond donors (Lipinski definition) is 2. The molecule has 14 heavy (non-hydrogen) atoms. The molecule has 0 aliphatic heterocycles. The Hall–Kier alpha value is -0.220. The van der Waals surface area contributed by atoms with Crippen LogP contribution >= 0.6 is 11.8 Å². The maximum Gasteiger partial charge on any atom is 0.221 e. The number of amides is 1. The zero-order valence-corrected chi connectivity index (χ0v) is 10.2. The van der Waals surface area contributed by atoms with E-state index in [9.17, 15) is 4.79 Å². The molecule has 0 saturated carbocycles. The van der Waals surface area contributed by atoms with Gasteiger partial charge in [-0.3, -0.25) is 4.79 Å². The van der Waals surface area contributed by atoms with Crippen molar-refractivity contribution in [1.82, 2.24) is 10.6 Å². The molecule has 0 rings (SSSR count). The van der Waals surface area contributed by atoms with Gasteiger partial charge < -0.3 is 10.6 Å². The number of hydrogen-bond acceptors (Lipinski definition) is 3. The lowest BCUT2D eigenvalue weighted by atomic mass is 10.3. The standard InChI is InChI=1S/C10H22N2OS/c1-9(2)11-7-5-10(13)12-6-4-8-14-3/h9,11H,4-8H2,1-3H3,(H,12,13). The molecule has 0 saturated heterocycles. The van der Waals surface area contributed by atoms with Gasteiger partial charge in [0.05, 0.1) is 0 Å². The second kappa shape index (κ2) is 9.34. The first-order valence-corrected chi connectivity index (χ1v) is 6.55. The van der Waals surface area contributed by atoms with Gasteiger partial charge in [0.15, 0.2) is 0 Å². The fourth-order valence-electron chi connectivity index (χ4n) is 1.01. The highest BCUT2D eigenvalue weighted by Gasteiger charge is 2.00. The normalized spacial score (nSPS) is 10.6. The van der Waals surface area contributed by atoms with Crippen LogP contribution in [0.1, 0.15) is 26.7 Å². The van der Waals surface area contributed by atoms with Crippen LogP contribution in [-0.2, 0) is 4.79 Å². The van der Waals surface area contributed by atoms with Gasteiger partial charge >= 0.3 is 0 Å². The molecule has 2 N–H and O–H groups in total. The number of carbonyl (C=O) groups excluding carboxylic acids is 1. The van der Waals surface area contributed by atoms with Gasteiger partial charge in [-0.2, -0.15) is 11.8 Å². The monoisotopic (exact) mass is 218 g/mol. The summed E-state index contributed by atoms with van der Waals surface area (Å²) in [4.78, 5) is 11.2. The zero-order chi connectivity index (χ0) is 10.8. The Balaban J connectivity index is 3.20. The van der Waals surface area contributed by atoms with Crippen LogP contribution in [-0.4, -0.2) is 37.0 Å². The van der Waals surface area contributed by atoms with Crippen molar-refractivity contribution in [2.75, 3.05) is 25.1 Å². The maximum atomic E-state index is 11.2. The van der Waals surface area contributed by atoms with Crippen LogP contribution in [0.3, 0.4) is 0 Å². The Morgan fingerprint density at radius 2 is 2.07 bits per heavy atom. The molecule has 0 aromatic heterocycles. The van der Waals surface area contributed by atoms with Crippen molar-refractivity contribution in [2.45, 2.75) is 32.7 Å². The molecule has 1 amide bonds. The van der Waals surface area contributed by atoms with Crippen molar-refractivity contribution in [3.8, 4) is 0 Å². The van der Waals surface area contributed by atoms with Crippen LogP contribution in [0.15, 0.2) is 0 Å². The van der Waals surface area contributed by atoms with Crippen molar-refractivity contribution in [3.63, 3.8) is 0 Å². The van der Waals surface area contributed by atoms with Crippen molar-refractivity contribution in [3.05, 3.63) is 0 Å². The van der Waals surface area contributed by atoms with E-state index < -0.39 is 0 Å². The zero-order valence-electron chi connectivity index (χ0n) is 9.43. The minimum atomic E-state index is 0.152. The highest BCUT2D eigenvalue weighted by molar-refractivity contribution is 7.98. The Kier molecular flexibility index (Phi) is 9.19. The average molecular weight is 218 g/mol. The summed E-state index contributed by atoms with van der Waals surface area (Å²) in [7, 11) is 0. The van der Waals surface area contributed by atoms with Crippen molar-refractivity contribution >= 4 is 17.7 Å². The van der Waals surface area contributed by atoms with Crippen molar-refractivity contribution < 1.29 is 4.79 Å². The van der Waals surface area contributed by atoms with E-state index in [1.807, 2.05) is 11.8 Å². The van der Waals surface area contributed by atoms with E-state index in [0.717, 1.165) is 25.3 Å². The third kappa shape index (κ3) is 9.86. The summed E-state index contributed by atoms with van der Waals surface area (Å²) < 4.78 is 0. The summed E-state index contributed by atoms with van der Waals surface area (Å²) in [6.07, 6.45) is 3.72. The van der Waals surface area contributed by atoms with E-state index in [0.29, 0.717) is 12.5 Å². The molecule has 0 aliphatic carbocycles. The Morgan fingerprint density at radius 1 is 1.36 bits per heavy atom. The lowest BCUT2D eigenvalue weighted by Gasteiger charge is -2.08. The van der Waals surface area contributed by atoms with Gasteiger partial charge in [-0.15, -0.1) is 0 Å². The topological polar surface area (TPSA) is 41.1 Å². The number of nitrogens with one attached hydrogen (secondary N) is 2. The molecule has 4 heteroatoms. The van der Waals surface area contributed by atoms with Gasteiger partial charge in [-0.1, -0.05) is 13.8 Å². The summed E-state index contributed by atoms with van der Waals surface area (Å²) in [5, 5.41) is 6.11. The lowest BCUT2D eigenvalue weighted by Crippen LogP contribution is -2.31. The summed E-state index contributed by atoms with van der Waals surface area (Å²) in [6, 6.07) is 0.458. The van der Waals surface area contributed by atoms with E-state index in [4.69, 9.17) is 0 Å². The number of carbonyl (C=O) groups is 1. The van der Waals surface area contributed by atoms with Crippen LogP contribution in [0.25, 0.3) is 0 Å². The molecule has 0 bridgehead atoms. The number of rotatable bonds is 8. The highest BCUT2D eigenvalue weighted by atomic mass is 32.2. The fourth-order valence-corrected chi connectivity index (χ4v) is 1.44. The molecular formula is C10H22N2OS. The minimum Gasteiger partial charge on any atom is -0.356 e. The molecule has 0 radical (unpaired) electrons. The van der Waals surface area contributed by atoms with Gasteiger partial charge in [0.1, 0.15) is 0 Å².